The number of hydrogen-bond donors (Lipinski definition) is 3. The van der Waals surface area contributed by atoms with E-state index >= 15 is 0 Å². The standard InChI is InChI=1S/C30H22F3N5OS/c1-16-11-19-12-18(7-10-25(19)37-16)23-14-36-28(34)26-24(15-40-27(23)26)17-5-8-21(9-6-17)38(29(35)39)22-4-2-3-20(13-22)30(31,32)33/h2-15,37H,1H3,(H2,34,36)(H2,35,39). The van der Waals surface area contributed by atoms with Crippen molar-refractivity contribution in [2.45, 2.75) is 13.1 Å². The van der Waals surface area contributed by atoms with Crippen LogP contribution in [0.3, 0.4) is 0 Å². The quantitative estimate of drug-likeness (QED) is 0.203. The first kappa shape index (κ1) is 25.4. The van der Waals surface area contributed by atoms with Crippen LogP contribution in [0, 0.1) is 6.92 Å². The number of primary amides is 1. The number of thiophene rings is 1. The van der Waals surface area contributed by atoms with E-state index in [1.807, 2.05) is 24.4 Å². The van der Waals surface area contributed by atoms with E-state index in [1.54, 1.807) is 41.8 Å². The Morgan fingerprint density at radius 2 is 1.70 bits per heavy atom. The summed E-state index contributed by atoms with van der Waals surface area (Å²) in [6.07, 6.45) is -2.77. The molecule has 6 rings (SSSR count). The molecular formula is C30H22F3N5OS. The third-order valence-corrected chi connectivity index (χ3v) is 7.79. The van der Waals surface area contributed by atoms with Crippen molar-refractivity contribution < 1.29 is 18.0 Å². The highest BCUT2D eigenvalue weighted by molar-refractivity contribution is 7.18. The number of aryl methyl sites for hydroxylation is 1. The fourth-order valence-corrected chi connectivity index (χ4v) is 6.07. The zero-order chi connectivity index (χ0) is 28.2. The molecule has 0 saturated heterocycles. The fourth-order valence-electron chi connectivity index (χ4n) is 4.95. The lowest BCUT2D eigenvalue weighted by Crippen LogP contribution is -2.31. The van der Waals surface area contributed by atoms with Gasteiger partial charge in [0.25, 0.3) is 0 Å². The van der Waals surface area contributed by atoms with Crippen LogP contribution < -0.4 is 16.4 Å². The van der Waals surface area contributed by atoms with Gasteiger partial charge in [-0.3, -0.25) is 4.90 Å². The molecule has 0 aliphatic rings. The van der Waals surface area contributed by atoms with Crippen molar-refractivity contribution in [3.05, 3.63) is 95.6 Å². The molecule has 0 unspecified atom stereocenters. The summed E-state index contributed by atoms with van der Waals surface area (Å²) in [7, 11) is 0. The second kappa shape index (κ2) is 9.42. The van der Waals surface area contributed by atoms with Gasteiger partial charge in [-0.15, -0.1) is 11.3 Å². The van der Waals surface area contributed by atoms with Crippen LogP contribution in [0.1, 0.15) is 11.3 Å². The van der Waals surface area contributed by atoms with Crippen LogP contribution in [0.2, 0.25) is 0 Å². The van der Waals surface area contributed by atoms with Crippen molar-refractivity contribution in [2.24, 2.45) is 5.73 Å². The Morgan fingerprint density at radius 3 is 2.42 bits per heavy atom. The van der Waals surface area contributed by atoms with Gasteiger partial charge in [-0.25, -0.2) is 9.78 Å². The molecule has 3 heterocycles. The molecule has 6 aromatic rings. The molecule has 0 bridgehead atoms. The summed E-state index contributed by atoms with van der Waals surface area (Å²) < 4.78 is 40.8. The maximum Gasteiger partial charge on any atom is 0.416 e. The zero-order valence-electron chi connectivity index (χ0n) is 21.1. The number of aromatic nitrogens is 2. The molecule has 2 amide bonds. The summed E-state index contributed by atoms with van der Waals surface area (Å²) in [5.41, 5.74) is 17.2. The second-order valence-electron chi connectivity index (χ2n) is 9.43. The van der Waals surface area contributed by atoms with Gasteiger partial charge in [0.2, 0.25) is 0 Å². The van der Waals surface area contributed by atoms with Crippen LogP contribution in [0.25, 0.3) is 43.2 Å². The smallest absolute Gasteiger partial charge is 0.383 e. The molecular weight excluding hydrogens is 535 g/mol. The van der Waals surface area contributed by atoms with Crippen LogP contribution in [0.4, 0.5) is 35.2 Å². The van der Waals surface area contributed by atoms with E-state index in [9.17, 15) is 18.0 Å². The summed E-state index contributed by atoms with van der Waals surface area (Å²) in [6.45, 7) is 2.02. The predicted molar refractivity (Wildman–Crippen MR) is 155 cm³/mol. The van der Waals surface area contributed by atoms with Gasteiger partial charge in [-0.1, -0.05) is 24.3 Å². The van der Waals surface area contributed by atoms with Crippen LogP contribution >= 0.6 is 11.3 Å². The summed E-state index contributed by atoms with van der Waals surface area (Å²) in [5, 5.41) is 3.91. The molecule has 200 valence electrons. The molecule has 10 heteroatoms. The summed E-state index contributed by atoms with van der Waals surface area (Å²) >= 11 is 1.55. The minimum Gasteiger partial charge on any atom is -0.383 e. The number of halogens is 3. The number of nitrogen functional groups attached to an aromatic ring is 1. The molecule has 0 spiro atoms. The minimum atomic E-state index is -4.55. The van der Waals surface area contributed by atoms with Crippen molar-refractivity contribution in [1.82, 2.24) is 9.97 Å². The van der Waals surface area contributed by atoms with E-state index < -0.39 is 17.8 Å². The molecule has 3 aromatic heterocycles. The number of amides is 2. The lowest BCUT2D eigenvalue weighted by atomic mass is 10.0. The number of anilines is 3. The van der Waals surface area contributed by atoms with Gasteiger partial charge in [0, 0.05) is 44.0 Å². The average molecular weight is 558 g/mol. The highest BCUT2D eigenvalue weighted by atomic mass is 32.1. The average Bonchev–Trinajstić information content (AvgIpc) is 3.52. The largest absolute Gasteiger partial charge is 0.416 e. The number of nitrogens with two attached hydrogens (primary N) is 2. The SMILES string of the molecule is Cc1cc2cc(-c3cnc(N)c4c(-c5ccc(N(C(N)=O)c6cccc(C(F)(F)F)c6)cc5)csc34)ccc2[nH]1. The highest BCUT2D eigenvalue weighted by Gasteiger charge is 2.31. The Balaban J connectivity index is 1.39. The molecule has 0 atom stereocenters. The first-order valence-electron chi connectivity index (χ1n) is 12.2. The Hall–Kier alpha value is -4.83. The highest BCUT2D eigenvalue weighted by Crippen LogP contribution is 2.43. The number of alkyl halides is 3. The van der Waals surface area contributed by atoms with E-state index in [-0.39, 0.29) is 5.69 Å². The zero-order valence-corrected chi connectivity index (χ0v) is 21.9. The molecule has 6 nitrogen and oxygen atoms in total. The number of nitrogens with zero attached hydrogens (tertiary/aromatic N) is 2. The second-order valence-corrected chi connectivity index (χ2v) is 10.3. The Bertz CT molecular complexity index is 1910. The summed E-state index contributed by atoms with van der Waals surface area (Å²) in [4.78, 5) is 21.1. The van der Waals surface area contributed by atoms with Gasteiger partial charge in [-0.2, -0.15) is 13.2 Å². The van der Waals surface area contributed by atoms with E-state index in [0.717, 1.165) is 66.0 Å². The number of rotatable bonds is 4. The van der Waals surface area contributed by atoms with Gasteiger partial charge in [0.1, 0.15) is 5.82 Å². The molecule has 0 saturated carbocycles. The Labute approximate surface area is 230 Å². The van der Waals surface area contributed by atoms with Crippen LogP contribution in [0.15, 0.2) is 84.4 Å². The topological polar surface area (TPSA) is 101 Å². The number of aromatic amines is 1. The number of hydrogen-bond acceptors (Lipinski definition) is 4. The lowest BCUT2D eigenvalue weighted by molar-refractivity contribution is -0.137. The molecule has 0 aliphatic heterocycles. The number of urea groups is 1. The number of nitrogens with one attached hydrogen (secondary N) is 1. The molecule has 0 radical (unpaired) electrons. The first-order valence-corrected chi connectivity index (χ1v) is 13.1. The Morgan fingerprint density at radius 1 is 0.950 bits per heavy atom. The van der Waals surface area contributed by atoms with Crippen molar-refractivity contribution in [3.63, 3.8) is 0 Å². The number of pyridine rings is 1. The van der Waals surface area contributed by atoms with E-state index in [2.05, 4.69) is 22.1 Å². The van der Waals surface area contributed by atoms with Crippen molar-refractivity contribution in [3.8, 4) is 22.3 Å². The molecule has 5 N–H and O–H groups in total. The number of fused-ring (bicyclic) bond motifs is 2. The minimum absolute atomic E-state index is 0.0173. The van der Waals surface area contributed by atoms with E-state index in [1.165, 1.54) is 12.1 Å². The van der Waals surface area contributed by atoms with E-state index in [4.69, 9.17) is 11.5 Å². The third kappa shape index (κ3) is 4.42. The monoisotopic (exact) mass is 557 g/mol. The maximum atomic E-state index is 13.3. The van der Waals surface area contributed by atoms with Crippen LogP contribution in [-0.2, 0) is 6.18 Å². The van der Waals surface area contributed by atoms with Gasteiger partial charge in [0.15, 0.2) is 0 Å². The Kier molecular flexibility index (Phi) is 5.99. The van der Waals surface area contributed by atoms with Gasteiger partial charge >= 0.3 is 12.2 Å². The third-order valence-electron chi connectivity index (χ3n) is 6.78. The van der Waals surface area contributed by atoms with Crippen LogP contribution in [-0.4, -0.2) is 16.0 Å². The number of carbonyl (C=O) groups excluding carboxylic acids is 1. The van der Waals surface area contributed by atoms with Gasteiger partial charge < -0.3 is 16.5 Å². The molecule has 0 fully saturated rings. The summed E-state index contributed by atoms with van der Waals surface area (Å²) in [5.74, 6) is 0.389. The van der Waals surface area contributed by atoms with Crippen molar-refractivity contribution >= 4 is 55.5 Å². The van der Waals surface area contributed by atoms with E-state index in [0.29, 0.717) is 11.5 Å². The number of carbonyl (C=O) groups is 1. The van der Waals surface area contributed by atoms with Gasteiger partial charge in [-0.05, 0) is 72.0 Å². The van der Waals surface area contributed by atoms with Crippen molar-refractivity contribution in [2.75, 3.05) is 10.6 Å². The number of benzene rings is 3. The molecule has 0 aliphatic carbocycles. The molecule has 40 heavy (non-hydrogen) atoms. The normalized spacial score (nSPS) is 11.8. The summed E-state index contributed by atoms with van der Waals surface area (Å²) in [6, 6.07) is 18.7. The number of H-pyrrole nitrogens is 1. The lowest BCUT2D eigenvalue weighted by Gasteiger charge is -2.22. The molecule has 3 aromatic carbocycles. The predicted octanol–water partition coefficient (Wildman–Crippen LogP) is 8.24. The first-order chi connectivity index (χ1) is 19.1. The maximum absolute atomic E-state index is 13.3. The fraction of sp³-hybridized carbons (Fsp3) is 0.0667. The van der Waals surface area contributed by atoms with Gasteiger partial charge in [0.05, 0.1) is 16.9 Å². The van der Waals surface area contributed by atoms with Crippen molar-refractivity contribution in [1.29, 1.82) is 0 Å². The van der Waals surface area contributed by atoms with Crippen LogP contribution in [0.5, 0.6) is 0 Å².